The molecule has 0 radical (unpaired) electrons. The Morgan fingerprint density at radius 3 is 2.20 bits per heavy atom. The summed E-state index contributed by atoms with van der Waals surface area (Å²) in [5.41, 5.74) is 3.85. The lowest BCUT2D eigenvalue weighted by atomic mass is 9.73. The molecule has 0 saturated heterocycles. The Hall–Kier alpha value is -1.53. The first-order valence-electron chi connectivity index (χ1n) is 9.08. The van der Waals surface area contributed by atoms with Crippen LogP contribution in [0.4, 0.5) is 0 Å². The highest BCUT2D eigenvalue weighted by Gasteiger charge is 2.38. The molecular weight excluding hydrogens is 328 g/mol. The lowest BCUT2D eigenvalue weighted by Gasteiger charge is -2.29. The fourth-order valence-electron chi connectivity index (χ4n) is 4.01. The number of hydrogen-bond acceptors (Lipinski definition) is 3. The predicted octanol–water partition coefficient (Wildman–Crippen LogP) is 4.84. The average molecular weight is 357 g/mol. The van der Waals surface area contributed by atoms with Crippen molar-refractivity contribution >= 4 is 23.3 Å². The second kappa shape index (κ2) is 8.72. The molecule has 0 amide bonds. The van der Waals surface area contributed by atoms with Gasteiger partial charge in [-0.1, -0.05) is 19.8 Å². The van der Waals surface area contributed by atoms with Crippen molar-refractivity contribution in [2.24, 2.45) is 5.92 Å². The molecule has 0 aliphatic heterocycles. The molecule has 2 nitrogen and oxygen atoms in total. The van der Waals surface area contributed by atoms with E-state index in [0.717, 1.165) is 34.4 Å². The summed E-state index contributed by atoms with van der Waals surface area (Å²) in [5, 5.41) is 0.502. The molecule has 1 atom stereocenters. The van der Waals surface area contributed by atoms with Gasteiger partial charge in [-0.25, -0.2) is 0 Å². The molecule has 1 aromatic carbocycles. The van der Waals surface area contributed by atoms with Crippen molar-refractivity contribution in [3.8, 4) is 11.8 Å². The summed E-state index contributed by atoms with van der Waals surface area (Å²) in [6.07, 6.45) is 2.01. The molecule has 1 saturated carbocycles. The van der Waals surface area contributed by atoms with Crippen LogP contribution in [-0.2, 0) is 9.59 Å². The fraction of sp³-hybridized carbons (Fsp3) is 0.545. The molecule has 0 heterocycles. The van der Waals surface area contributed by atoms with E-state index in [-0.39, 0.29) is 17.5 Å². The molecule has 0 bridgehead atoms. The number of Topliss-reactive ketones (excluding diaryl/α,β-unsaturated/α-hetero) is 2. The lowest BCUT2D eigenvalue weighted by Crippen LogP contribution is -2.33. The highest BCUT2D eigenvalue weighted by Crippen LogP contribution is 2.37. The minimum Gasteiger partial charge on any atom is -0.299 e. The maximum absolute atomic E-state index is 12.8. The van der Waals surface area contributed by atoms with E-state index in [0.29, 0.717) is 18.1 Å². The fourth-order valence-corrected chi connectivity index (χ4v) is 4.99. The van der Waals surface area contributed by atoms with Gasteiger partial charge >= 0.3 is 0 Å². The number of rotatable bonds is 5. The summed E-state index contributed by atoms with van der Waals surface area (Å²) in [6.45, 7) is 10.1. The molecule has 25 heavy (non-hydrogen) atoms. The van der Waals surface area contributed by atoms with Gasteiger partial charge in [0.05, 0.1) is 0 Å². The van der Waals surface area contributed by atoms with Gasteiger partial charge in [-0.2, -0.15) is 11.8 Å². The number of hydrogen-bond donors (Lipinski definition) is 0. The standard InChI is InChI=1S/C22H28O2S/c1-6-8-17-9-14(3)21(15(4)10-17)22-19(23)12-18(13-20(22)24)11-16(5)25-7-2/h9-10,16,18,22H,7,11-13H2,1-5H3. The highest BCUT2D eigenvalue weighted by molar-refractivity contribution is 7.99. The summed E-state index contributed by atoms with van der Waals surface area (Å²) in [4.78, 5) is 25.6. The minimum absolute atomic E-state index is 0.0930. The van der Waals surface area contributed by atoms with Crippen molar-refractivity contribution in [3.05, 3.63) is 34.4 Å². The summed E-state index contributed by atoms with van der Waals surface area (Å²) in [6, 6.07) is 3.98. The van der Waals surface area contributed by atoms with Crippen LogP contribution in [0.1, 0.15) is 68.2 Å². The molecule has 0 aromatic heterocycles. The van der Waals surface area contributed by atoms with E-state index in [4.69, 9.17) is 0 Å². The summed E-state index contributed by atoms with van der Waals surface area (Å²) < 4.78 is 0. The zero-order valence-electron chi connectivity index (χ0n) is 15.9. The van der Waals surface area contributed by atoms with E-state index in [1.54, 1.807) is 0 Å². The minimum atomic E-state index is -0.575. The maximum atomic E-state index is 12.8. The Labute approximate surface area is 156 Å². The molecule has 1 aliphatic rings. The van der Waals surface area contributed by atoms with Crippen LogP contribution in [0.5, 0.6) is 0 Å². The largest absolute Gasteiger partial charge is 0.299 e. The topological polar surface area (TPSA) is 34.1 Å². The van der Waals surface area contributed by atoms with Crippen LogP contribution < -0.4 is 0 Å². The molecule has 2 rings (SSSR count). The van der Waals surface area contributed by atoms with E-state index < -0.39 is 5.92 Å². The SMILES string of the molecule is CC#Cc1cc(C)c(C2C(=O)CC(CC(C)SCC)CC2=O)c(C)c1. The lowest BCUT2D eigenvalue weighted by molar-refractivity contribution is -0.133. The summed E-state index contributed by atoms with van der Waals surface area (Å²) in [7, 11) is 0. The third-order valence-electron chi connectivity index (χ3n) is 4.89. The van der Waals surface area contributed by atoms with Crippen LogP contribution in [0.2, 0.25) is 0 Å². The Kier molecular flexibility index (Phi) is 6.90. The Bertz CT molecular complexity index is 682. The summed E-state index contributed by atoms with van der Waals surface area (Å²) >= 11 is 1.90. The van der Waals surface area contributed by atoms with E-state index >= 15 is 0 Å². The van der Waals surface area contributed by atoms with Crippen molar-refractivity contribution < 1.29 is 9.59 Å². The Balaban J connectivity index is 2.23. The Morgan fingerprint density at radius 2 is 1.72 bits per heavy atom. The third kappa shape index (κ3) is 4.76. The molecule has 1 fully saturated rings. The van der Waals surface area contributed by atoms with Gasteiger partial charge in [0.1, 0.15) is 17.5 Å². The first-order chi connectivity index (χ1) is 11.9. The quantitative estimate of drug-likeness (QED) is 0.559. The third-order valence-corrected chi connectivity index (χ3v) is 5.99. The van der Waals surface area contributed by atoms with E-state index in [2.05, 4.69) is 25.7 Å². The zero-order valence-corrected chi connectivity index (χ0v) is 16.8. The van der Waals surface area contributed by atoms with Crippen molar-refractivity contribution in [2.45, 2.75) is 65.0 Å². The maximum Gasteiger partial charge on any atom is 0.148 e. The van der Waals surface area contributed by atoms with Gasteiger partial charge in [0.2, 0.25) is 0 Å². The number of aryl methyl sites for hydroxylation is 2. The van der Waals surface area contributed by atoms with Gasteiger partial charge in [-0.15, -0.1) is 5.92 Å². The van der Waals surface area contributed by atoms with Gasteiger partial charge < -0.3 is 0 Å². The second-order valence-electron chi connectivity index (χ2n) is 7.04. The monoisotopic (exact) mass is 356 g/mol. The number of benzene rings is 1. The molecule has 1 aliphatic carbocycles. The van der Waals surface area contributed by atoms with E-state index in [9.17, 15) is 9.59 Å². The second-order valence-corrected chi connectivity index (χ2v) is 8.76. The average Bonchev–Trinajstić information content (AvgIpc) is 2.49. The normalized spacial score (nSPS) is 21.6. The molecule has 3 heteroatoms. The number of ketones is 2. The van der Waals surface area contributed by atoms with Gasteiger partial charge in [-0.3, -0.25) is 9.59 Å². The molecule has 0 spiro atoms. The van der Waals surface area contributed by atoms with Crippen LogP contribution in [0, 0.1) is 31.6 Å². The van der Waals surface area contributed by atoms with Crippen molar-refractivity contribution in [3.63, 3.8) is 0 Å². The smallest absolute Gasteiger partial charge is 0.148 e. The number of thioether (sulfide) groups is 1. The first kappa shape index (κ1) is 19.8. The van der Waals surface area contributed by atoms with Crippen LogP contribution in [0.15, 0.2) is 12.1 Å². The molecular formula is C22H28O2S. The van der Waals surface area contributed by atoms with Crippen molar-refractivity contribution in [1.29, 1.82) is 0 Å². The van der Waals surface area contributed by atoms with Crippen LogP contribution >= 0.6 is 11.8 Å². The van der Waals surface area contributed by atoms with Crippen LogP contribution in [-0.4, -0.2) is 22.6 Å². The molecule has 0 N–H and O–H groups in total. The highest BCUT2D eigenvalue weighted by atomic mass is 32.2. The van der Waals surface area contributed by atoms with Gasteiger partial charge in [0.25, 0.3) is 0 Å². The Morgan fingerprint density at radius 1 is 1.16 bits per heavy atom. The first-order valence-corrected chi connectivity index (χ1v) is 10.1. The zero-order chi connectivity index (χ0) is 18.6. The van der Waals surface area contributed by atoms with Gasteiger partial charge in [0.15, 0.2) is 0 Å². The van der Waals surface area contributed by atoms with E-state index in [1.165, 1.54) is 0 Å². The van der Waals surface area contributed by atoms with Gasteiger partial charge in [-0.05, 0) is 67.7 Å². The van der Waals surface area contributed by atoms with Crippen LogP contribution in [0.3, 0.4) is 0 Å². The predicted molar refractivity (Wildman–Crippen MR) is 106 cm³/mol. The molecule has 1 unspecified atom stereocenters. The molecule has 134 valence electrons. The van der Waals surface area contributed by atoms with Crippen LogP contribution in [0.25, 0.3) is 0 Å². The number of carbonyl (C=O) groups is 2. The van der Waals surface area contributed by atoms with Crippen molar-refractivity contribution in [1.82, 2.24) is 0 Å². The van der Waals surface area contributed by atoms with Gasteiger partial charge in [0, 0.05) is 23.7 Å². The van der Waals surface area contributed by atoms with E-state index in [1.807, 2.05) is 44.7 Å². The molecule has 1 aromatic rings. The number of carbonyl (C=O) groups excluding carboxylic acids is 2. The summed E-state index contributed by atoms with van der Waals surface area (Å²) in [5.74, 6) is 6.85. The van der Waals surface area contributed by atoms with Crippen molar-refractivity contribution in [2.75, 3.05) is 5.75 Å².